The Morgan fingerprint density at radius 1 is 1.42 bits per heavy atom. The number of carbonyl (C=O) groups excluding carboxylic acids is 1. The van der Waals surface area contributed by atoms with E-state index in [4.69, 9.17) is 17.3 Å². The summed E-state index contributed by atoms with van der Waals surface area (Å²) in [5.74, 6) is 5.69. The maximum Gasteiger partial charge on any atom is 0.321 e. The average Bonchev–Trinajstić information content (AvgIpc) is 2.93. The molecule has 1 saturated heterocycles. The van der Waals surface area contributed by atoms with Crippen molar-refractivity contribution in [3.05, 3.63) is 28.8 Å². The Labute approximate surface area is 117 Å². The molecule has 19 heavy (non-hydrogen) atoms. The van der Waals surface area contributed by atoms with E-state index in [0.29, 0.717) is 17.3 Å². The lowest BCUT2D eigenvalue weighted by molar-refractivity contribution is 0.222. The Morgan fingerprint density at radius 2 is 2.16 bits per heavy atom. The number of likely N-dealkylation sites (tertiary alicyclic amines) is 1. The highest BCUT2D eigenvalue weighted by molar-refractivity contribution is 6.33. The molecule has 1 heterocycles. The van der Waals surface area contributed by atoms with Gasteiger partial charge in [0.05, 0.1) is 17.3 Å². The molecule has 3 N–H and O–H groups in total. The molecule has 2 rings (SSSR count). The van der Waals surface area contributed by atoms with Gasteiger partial charge >= 0.3 is 6.03 Å². The monoisotopic (exact) mass is 277 g/mol. The smallest absolute Gasteiger partial charge is 0.321 e. The second-order valence-electron chi connectivity index (χ2n) is 4.32. The second-order valence-corrected chi connectivity index (χ2v) is 4.73. The number of nitrogens with two attached hydrogens (primary N) is 1. The first-order valence-corrected chi connectivity index (χ1v) is 6.63. The van der Waals surface area contributed by atoms with Gasteiger partial charge in [0, 0.05) is 18.7 Å². The molecular weight excluding hydrogens is 262 g/mol. The number of anilines is 1. The van der Waals surface area contributed by atoms with E-state index in [1.54, 1.807) is 23.1 Å². The lowest BCUT2D eigenvalue weighted by Crippen LogP contribution is -2.32. The van der Waals surface area contributed by atoms with Crippen molar-refractivity contribution in [3.8, 4) is 11.8 Å². The van der Waals surface area contributed by atoms with E-state index in [1.807, 2.05) is 0 Å². The van der Waals surface area contributed by atoms with Crippen molar-refractivity contribution in [2.75, 3.05) is 25.0 Å². The minimum Gasteiger partial charge on any atom is -0.325 e. The van der Waals surface area contributed by atoms with Crippen molar-refractivity contribution < 1.29 is 4.79 Å². The minimum atomic E-state index is -0.108. The molecule has 5 heteroatoms. The fourth-order valence-electron chi connectivity index (χ4n) is 1.97. The molecule has 0 unspecified atom stereocenters. The fraction of sp³-hybridized carbons (Fsp3) is 0.357. The molecule has 100 valence electrons. The molecule has 0 aromatic heterocycles. The van der Waals surface area contributed by atoms with Crippen LogP contribution in [0.3, 0.4) is 0 Å². The molecule has 1 aliphatic rings. The summed E-state index contributed by atoms with van der Waals surface area (Å²) >= 11 is 6.07. The van der Waals surface area contributed by atoms with Crippen LogP contribution in [0.4, 0.5) is 10.5 Å². The summed E-state index contributed by atoms with van der Waals surface area (Å²) in [4.78, 5) is 13.8. The molecule has 1 aromatic carbocycles. The summed E-state index contributed by atoms with van der Waals surface area (Å²) < 4.78 is 0. The highest BCUT2D eigenvalue weighted by Crippen LogP contribution is 2.23. The summed E-state index contributed by atoms with van der Waals surface area (Å²) in [6, 6.07) is 5.18. The molecule has 1 aliphatic heterocycles. The zero-order valence-electron chi connectivity index (χ0n) is 10.6. The van der Waals surface area contributed by atoms with Crippen LogP contribution >= 0.6 is 11.6 Å². The predicted octanol–water partition coefficient (Wildman–Crippen LogP) is 2.28. The van der Waals surface area contributed by atoms with Gasteiger partial charge in [-0.2, -0.15) is 0 Å². The largest absolute Gasteiger partial charge is 0.325 e. The molecule has 2 amide bonds. The number of carbonyl (C=O) groups is 1. The van der Waals surface area contributed by atoms with Crippen molar-refractivity contribution in [3.63, 3.8) is 0 Å². The van der Waals surface area contributed by atoms with E-state index in [0.717, 1.165) is 31.5 Å². The quantitative estimate of drug-likeness (QED) is 0.774. The van der Waals surface area contributed by atoms with E-state index in [1.165, 1.54) is 0 Å². The zero-order valence-corrected chi connectivity index (χ0v) is 11.3. The van der Waals surface area contributed by atoms with Gasteiger partial charge < -0.3 is 16.0 Å². The molecule has 0 saturated carbocycles. The lowest BCUT2D eigenvalue weighted by atomic mass is 10.2. The van der Waals surface area contributed by atoms with E-state index in [2.05, 4.69) is 17.2 Å². The third-order valence-corrected chi connectivity index (χ3v) is 3.27. The maximum absolute atomic E-state index is 12.0. The second kappa shape index (κ2) is 6.46. The highest BCUT2D eigenvalue weighted by Gasteiger charge is 2.18. The first-order chi connectivity index (χ1) is 9.20. The molecule has 4 nitrogen and oxygen atoms in total. The summed E-state index contributed by atoms with van der Waals surface area (Å²) in [6.45, 7) is 1.91. The van der Waals surface area contributed by atoms with Crippen molar-refractivity contribution in [1.82, 2.24) is 4.90 Å². The Balaban J connectivity index is 2.12. The van der Waals surface area contributed by atoms with Gasteiger partial charge in [0.15, 0.2) is 0 Å². The Hall–Kier alpha value is -1.70. The van der Waals surface area contributed by atoms with Crippen LogP contribution in [0, 0.1) is 11.8 Å². The van der Waals surface area contributed by atoms with Gasteiger partial charge in [0.1, 0.15) is 0 Å². The Bertz CT molecular complexity index is 527. The number of nitrogens with one attached hydrogen (secondary N) is 1. The summed E-state index contributed by atoms with van der Waals surface area (Å²) in [6.07, 6.45) is 2.12. The first kappa shape index (κ1) is 13.7. The number of benzene rings is 1. The molecule has 1 aromatic rings. The van der Waals surface area contributed by atoms with Gasteiger partial charge in [-0.1, -0.05) is 23.4 Å². The number of hydrogen-bond acceptors (Lipinski definition) is 2. The minimum absolute atomic E-state index is 0.108. The SMILES string of the molecule is NCC#Cc1ccc(Cl)c(NC(=O)N2CCCC2)c1. The van der Waals surface area contributed by atoms with Gasteiger partial charge in [-0.15, -0.1) is 0 Å². The topological polar surface area (TPSA) is 58.4 Å². The third kappa shape index (κ3) is 3.63. The first-order valence-electron chi connectivity index (χ1n) is 6.25. The van der Waals surface area contributed by atoms with Crippen LogP contribution in [-0.4, -0.2) is 30.6 Å². The summed E-state index contributed by atoms with van der Waals surface area (Å²) in [5, 5.41) is 3.33. The summed E-state index contributed by atoms with van der Waals surface area (Å²) in [7, 11) is 0. The number of urea groups is 1. The van der Waals surface area contributed by atoms with E-state index < -0.39 is 0 Å². The molecule has 1 fully saturated rings. The zero-order chi connectivity index (χ0) is 13.7. The average molecular weight is 278 g/mol. The number of halogens is 1. The van der Waals surface area contributed by atoms with Crippen molar-refractivity contribution in [2.45, 2.75) is 12.8 Å². The fourth-order valence-corrected chi connectivity index (χ4v) is 2.13. The highest BCUT2D eigenvalue weighted by atomic mass is 35.5. The van der Waals surface area contributed by atoms with Crippen LogP contribution < -0.4 is 11.1 Å². The van der Waals surface area contributed by atoms with Gasteiger partial charge in [0.2, 0.25) is 0 Å². The molecule has 0 radical (unpaired) electrons. The van der Waals surface area contributed by atoms with Crippen molar-refractivity contribution in [1.29, 1.82) is 0 Å². The molecular formula is C14H16ClN3O. The van der Waals surface area contributed by atoms with Crippen LogP contribution in [0.5, 0.6) is 0 Å². The number of rotatable bonds is 1. The number of hydrogen-bond donors (Lipinski definition) is 2. The number of amides is 2. The third-order valence-electron chi connectivity index (χ3n) is 2.94. The Morgan fingerprint density at radius 3 is 2.84 bits per heavy atom. The van der Waals surface area contributed by atoms with Crippen LogP contribution in [0.15, 0.2) is 18.2 Å². The van der Waals surface area contributed by atoms with Crippen LogP contribution in [0.25, 0.3) is 0 Å². The molecule has 0 atom stereocenters. The van der Waals surface area contributed by atoms with Crippen molar-refractivity contribution in [2.24, 2.45) is 5.73 Å². The Kier molecular flexibility index (Phi) is 4.67. The van der Waals surface area contributed by atoms with Crippen molar-refractivity contribution >= 4 is 23.3 Å². The van der Waals surface area contributed by atoms with Gasteiger partial charge in [-0.3, -0.25) is 0 Å². The standard InChI is InChI=1S/C14H16ClN3O/c15-12-6-5-11(4-3-7-16)10-13(12)17-14(19)18-8-1-2-9-18/h5-6,10H,1-2,7-9,16H2,(H,17,19). The van der Waals surface area contributed by atoms with E-state index in [-0.39, 0.29) is 6.03 Å². The van der Waals surface area contributed by atoms with Crippen LogP contribution in [0.2, 0.25) is 5.02 Å². The maximum atomic E-state index is 12.0. The van der Waals surface area contributed by atoms with Gasteiger partial charge in [0.25, 0.3) is 0 Å². The molecule has 0 aliphatic carbocycles. The van der Waals surface area contributed by atoms with Crippen LogP contribution in [-0.2, 0) is 0 Å². The molecule has 0 bridgehead atoms. The summed E-state index contributed by atoms with van der Waals surface area (Å²) in [5.41, 5.74) is 6.70. The van der Waals surface area contributed by atoms with Gasteiger partial charge in [-0.25, -0.2) is 4.79 Å². The van der Waals surface area contributed by atoms with Gasteiger partial charge in [-0.05, 0) is 31.0 Å². The predicted molar refractivity (Wildman–Crippen MR) is 77.2 cm³/mol. The lowest BCUT2D eigenvalue weighted by Gasteiger charge is -2.16. The molecule has 0 spiro atoms. The van der Waals surface area contributed by atoms with Crippen LogP contribution in [0.1, 0.15) is 18.4 Å². The van der Waals surface area contributed by atoms with E-state index in [9.17, 15) is 4.79 Å². The van der Waals surface area contributed by atoms with E-state index >= 15 is 0 Å². The normalized spacial score (nSPS) is 13.9. The number of nitrogens with zero attached hydrogens (tertiary/aromatic N) is 1.